The highest BCUT2D eigenvalue weighted by molar-refractivity contribution is 5.79. The van der Waals surface area contributed by atoms with Gasteiger partial charge in [-0.25, -0.2) is 0 Å². The summed E-state index contributed by atoms with van der Waals surface area (Å²) in [5.41, 5.74) is 4.29. The zero-order valence-corrected chi connectivity index (χ0v) is 11.7. The molecular weight excluding hydrogens is 246 g/mol. The zero-order chi connectivity index (χ0) is 13.9. The molecule has 0 aliphatic heterocycles. The fourth-order valence-corrected chi connectivity index (χ4v) is 2.46. The molecule has 1 unspecified atom stereocenters. The number of pyridine rings is 2. The third kappa shape index (κ3) is 2.40. The molecule has 3 heteroatoms. The van der Waals surface area contributed by atoms with Gasteiger partial charge < -0.3 is 5.32 Å². The lowest BCUT2D eigenvalue weighted by atomic mass is 10.0. The van der Waals surface area contributed by atoms with Crippen LogP contribution in [-0.4, -0.2) is 17.0 Å². The van der Waals surface area contributed by atoms with Crippen LogP contribution in [0.1, 0.15) is 23.0 Å². The van der Waals surface area contributed by atoms with Crippen LogP contribution >= 0.6 is 0 Å². The minimum absolute atomic E-state index is 0.0990. The lowest BCUT2D eigenvalue weighted by Gasteiger charge is -2.16. The second kappa shape index (κ2) is 5.39. The van der Waals surface area contributed by atoms with Crippen LogP contribution in [0.2, 0.25) is 0 Å². The monoisotopic (exact) mass is 263 g/mol. The third-order valence-corrected chi connectivity index (χ3v) is 3.46. The van der Waals surface area contributed by atoms with Gasteiger partial charge in [-0.3, -0.25) is 9.97 Å². The van der Waals surface area contributed by atoms with E-state index >= 15 is 0 Å². The molecule has 1 atom stereocenters. The van der Waals surface area contributed by atoms with E-state index < -0.39 is 0 Å². The first-order valence-corrected chi connectivity index (χ1v) is 6.73. The molecule has 0 aliphatic rings. The third-order valence-electron chi connectivity index (χ3n) is 3.46. The number of aryl methyl sites for hydroxylation is 1. The lowest BCUT2D eigenvalue weighted by molar-refractivity contribution is 0.672. The van der Waals surface area contributed by atoms with Crippen LogP contribution in [0.15, 0.2) is 54.7 Å². The molecule has 0 saturated carbocycles. The topological polar surface area (TPSA) is 37.8 Å². The molecule has 0 bridgehead atoms. The van der Waals surface area contributed by atoms with Crippen LogP contribution in [0.3, 0.4) is 0 Å². The van der Waals surface area contributed by atoms with Crippen molar-refractivity contribution in [1.82, 2.24) is 15.3 Å². The largest absolute Gasteiger partial charge is 0.308 e. The molecule has 0 spiro atoms. The normalized spacial score (nSPS) is 12.5. The molecule has 3 nitrogen and oxygen atoms in total. The highest BCUT2D eigenvalue weighted by Gasteiger charge is 2.13. The Balaban J connectivity index is 2.06. The molecule has 20 heavy (non-hydrogen) atoms. The predicted molar refractivity (Wildman–Crippen MR) is 81.6 cm³/mol. The molecule has 1 aromatic carbocycles. The summed E-state index contributed by atoms with van der Waals surface area (Å²) in [6.07, 6.45) is 1.83. The molecule has 0 radical (unpaired) electrons. The molecule has 0 fully saturated rings. The van der Waals surface area contributed by atoms with Crippen molar-refractivity contribution >= 4 is 10.9 Å². The molecule has 2 heterocycles. The maximum Gasteiger partial charge on any atom is 0.0749 e. The van der Waals surface area contributed by atoms with Crippen LogP contribution < -0.4 is 5.32 Å². The number of fused-ring (bicyclic) bond motifs is 1. The van der Waals surface area contributed by atoms with Gasteiger partial charge in [-0.05, 0) is 49.9 Å². The Morgan fingerprint density at radius 1 is 1.05 bits per heavy atom. The number of rotatable bonds is 3. The van der Waals surface area contributed by atoms with Crippen LogP contribution in [0.5, 0.6) is 0 Å². The van der Waals surface area contributed by atoms with E-state index in [0.29, 0.717) is 0 Å². The number of benzene rings is 1. The van der Waals surface area contributed by atoms with Crippen LogP contribution in [-0.2, 0) is 0 Å². The van der Waals surface area contributed by atoms with Crippen LogP contribution in [0, 0.1) is 6.92 Å². The molecule has 3 aromatic rings. The second-order valence-electron chi connectivity index (χ2n) is 4.88. The van der Waals surface area contributed by atoms with Gasteiger partial charge in [-0.15, -0.1) is 0 Å². The summed E-state index contributed by atoms with van der Waals surface area (Å²) < 4.78 is 0. The van der Waals surface area contributed by atoms with E-state index in [-0.39, 0.29) is 6.04 Å². The van der Waals surface area contributed by atoms with Gasteiger partial charge in [0.1, 0.15) is 0 Å². The number of aromatic nitrogens is 2. The molecule has 1 N–H and O–H groups in total. The molecule has 100 valence electrons. The summed E-state index contributed by atoms with van der Waals surface area (Å²) in [6, 6.07) is 16.6. The predicted octanol–water partition coefficient (Wildman–Crippen LogP) is 3.25. The molecule has 2 aromatic heterocycles. The van der Waals surface area contributed by atoms with E-state index in [1.807, 2.05) is 44.4 Å². The van der Waals surface area contributed by atoms with Crippen molar-refractivity contribution in [2.24, 2.45) is 0 Å². The van der Waals surface area contributed by atoms with Crippen molar-refractivity contribution in [2.75, 3.05) is 7.05 Å². The van der Waals surface area contributed by atoms with E-state index in [0.717, 1.165) is 22.3 Å². The number of nitrogens with zero attached hydrogens (tertiary/aromatic N) is 2. The molecule has 0 saturated heterocycles. The van der Waals surface area contributed by atoms with Gasteiger partial charge in [0.25, 0.3) is 0 Å². The first-order chi connectivity index (χ1) is 9.78. The lowest BCUT2D eigenvalue weighted by Crippen LogP contribution is -2.18. The van der Waals surface area contributed by atoms with Gasteiger partial charge in [0.05, 0.1) is 17.3 Å². The Labute approximate surface area is 118 Å². The number of hydrogen-bond donors (Lipinski definition) is 1. The van der Waals surface area contributed by atoms with Crippen LogP contribution in [0.25, 0.3) is 10.9 Å². The van der Waals surface area contributed by atoms with Crippen molar-refractivity contribution in [3.63, 3.8) is 0 Å². The van der Waals surface area contributed by atoms with Gasteiger partial charge in [0.15, 0.2) is 0 Å². The maximum atomic E-state index is 4.54. The summed E-state index contributed by atoms with van der Waals surface area (Å²) in [6.45, 7) is 2.01. The van der Waals surface area contributed by atoms with Gasteiger partial charge in [0.2, 0.25) is 0 Å². The van der Waals surface area contributed by atoms with Crippen molar-refractivity contribution in [3.05, 3.63) is 71.7 Å². The van der Waals surface area contributed by atoms with E-state index in [2.05, 4.69) is 39.6 Å². The van der Waals surface area contributed by atoms with Crippen molar-refractivity contribution in [2.45, 2.75) is 13.0 Å². The fourth-order valence-electron chi connectivity index (χ4n) is 2.46. The van der Waals surface area contributed by atoms with E-state index in [1.54, 1.807) is 0 Å². The first-order valence-electron chi connectivity index (χ1n) is 6.73. The maximum absolute atomic E-state index is 4.54. The van der Waals surface area contributed by atoms with Gasteiger partial charge >= 0.3 is 0 Å². The van der Waals surface area contributed by atoms with E-state index in [1.165, 1.54) is 5.56 Å². The van der Waals surface area contributed by atoms with Gasteiger partial charge in [0, 0.05) is 17.3 Å². The zero-order valence-electron chi connectivity index (χ0n) is 11.7. The summed E-state index contributed by atoms with van der Waals surface area (Å²) in [5, 5.41) is 4.48. The highest BCUT2D eigenvalue weighted by Crippen LogP contribution is 2.23. The Morgan fingerprint density at radius 3 is 2.70 bits per heavy atom. The SMILES string of the molecule is CNC(c1ccc2nc(C)ccc2c1)c1ccccn1. The van der Waals surface area contributed by atoms with Gasteiger partial charge in [-0.2, -0.15) is 0 Å². The summed E-state index contributed by atoms with van der Waals surface area (Å²) in [7, 11) is 1.96. The molecular formula is C17H17N3. The first kappa shape index (κ1) is 12.8. The Morgan fingerprint density at radius 2 is 1.95 bits per heavy atom. The minimum atomic E-state index is 0.0990. The number of hydrogen-bond acceptors (Lipinski definition) is 3. The van der Waals surface area contributed by atoms with Crippen molar-refractivity contribution in [3.8, 4) is 0 Å². The Hall–Kier alpha value is -2.26. The Kier molecular flexibility index (Phi) is 3.44. The minimum Gasteiger partial charge on any atom is -0.308 e. The second-order valence-corrected chi connectivity index (χ2v) is 4.88. The average molecular weight is 263 g/mol. The number of nitrogens with one attached hydrogen (secondary N) is 1. The molecule has 0 amide bonds. The molecule has 0 aliphatic carbocycles. The quantitative estimate of drug-likeness (QED) is 0.788. The average Bonchev–Trinajstić information content (AvgIpc) is 2.49. The standard InChI is InChI=1S/C17H17N3/c1-12-6-7-13-11-14(8-9-15(13)20-12)17(18-2)16-5-3-4-10-19-16/h3-11,17-18H,1-2H3. The van der Waals surface area contributed by atoms with E-state index in [4.69, 9.17) is 0 Å². The van der Waals surface area contributed by atoms with E-state index in [9.17, 15) is 0 Å². The Bertz CT molecular complexity index is 723. The smallest absolute Gasteiger partial charge is 0.0749 e. The summed E-state index contributed by atoms with van der Waals surface area (Å²) in [5.74, 6) is 0. The summed E-state index contributed by atoms with van der Waals surface area (Å²) >= 11 is 0. The fraction of sp³-hybridized carbons (Fsp3) is 0.176. The summed E-state index contributed by atoms with van der Waals surface area (Å²) in [4.78, 5) is 8.98. The van der Waals surface area contributed by atoms with Crippen LogP contribution in [0.4, 0.5) is 0 Å². The van der Waals surface area contributed by atoms with Crippen molar-refractivity contribution < 1.29 is 0 Å². The van der Waals surface area contributed by atoms with Crippen molar-refractivity contribution in [1.29, 1.82) is 0 Å². The highest BCUT2D eigenvalue weighted by atomic mass is 14.9. The van der Waals surface area contributed by atoms with Gasteiger partial charge in [-0.1, -0.05) is 18.2 Å². The molecule has 3 rings (SSSR count).